The maximum Gasteiger partial charge on any atom is 0.335 e. The largest absolute Gasteiger partial charge is 0.478 e. The minimum absolute atomic E-state index is 0.142. The van der Waals surface area contributed by atoms with Gasteiger partial charge in [0.15, 0.2) is 0 Å². The Morgan fingerprint density at radius 3 is 2.50 bits per heavy atom. The Morgan fingerprint density at radius 2 is 2.00 bits per heavy atom. The van der Waals surface area contributed by atoms with Crippen molar-refractivity contribution in [1.82, 2.24) is 4.90 Å². The first-order valence-corrected chi connectivity index (χ1v) is 5.78. The summed E-state index contributed by atoms with van der Waals surface area (Å²) in [7, 11) is 2.69. The van der Waals surface area contributed by atoms with E-state index in [2.05, 4.69) is 10.1 Å². The third kappa shape index (κ3) is 3.98. The maximum absolute atomic E-state index is 11.8. The number of ether oxygens (including phenoxy) is 1. The molecule has 0 aliphatic rings. The van der Waals surface area contributed by atoms with Crippen molar-refractivity contribution in [3.05, 3.63) is 29.3 Å². The number of likely N-dealkylation sites (N-methyl/N-ethyl adjacent to an activating group) is 1. The molecular formula is C13H16N2O5. The quantitative estimate of drug-likeness (QED) is 0.811. The Labute approximate surface area is 116 Å². The molecule has 1 aromatic rings. The molecule has 1 aromatic carbocycles. The number of aromatic carboxylic acids is 1. The minimum atomic E-state index is -1.03. The minimum Gasteiger partial charge on any atom is -0.478 e. The predicted octanol–water partition coefficient (Wildman–Crippen LogP) is 1.33. The van der Waals surface area contributed by atoms with Crippen LogP contribution in [0.2, 0.25) is 0 Å². The summed E-state index contributed by atoms with van der Waals surface area (Å²) in [6, 6.07) is 3.87. The number of nitrogens with one attached hydrogen (secondary N) is 1. The molecule has 0 aliphatic carbocycles. The highest BCUT2D eigenvalue weighted by atomic mass is 16.5. The van der Waals surface area contributed by atoms with Crippen molar-refractivity contribution < 1.29 is 24.2 Å². The van der Waals surface area contributed by atoms with Gasteiger partial charge >= 0.3 is 18.0 Å². The lowest BCUT2D eigenvalue weighted by Gasteiger charge is -2.17. The molecule has 0 fully saturated rings. The van der Waals surface area contributed by atoms with E-state index in [1.807, 2.05) is 0 Å². The van der Waals surface area contributed by atoms with E-state index in [1.54, 1.807) is 6.92 Å². The van der Waals surface area contributed by atoms with Crippen LogP contribution in [0.3, 0.4) is 0 Å². The Bertz CT molecular complexity index is 542. The van der Waals surface area contributed by atoms with Crippen molar-refractivity contribution in [3.8, 4) is 0 Å². The molecule has 0 aliphatic heterocycles. The van der Waals surface area contributed by atoms with Gasteiger partial charge in [-0.1, -0.05) is 0 Å². The van der Waals surface area contributed by atoms with Crippen LogP contribution in [0.5, 0.6) is 0 Å². The fourth-order valence-electron chi connectivity index (χ4n) is 1.48. The normalized spacial score (nSPS) is 9.75. The SMILES string of the molecule is COC(=O)CN(C)C(=O)Nc1ccc(C(=O)O)cc1C. The molecule has 20 heavy (non-hydrogen) atoms. The van der Waals surface area contributed by atoms with Gasteiger partial charge in [-0.2, -0.15) is 0 Å². The summed E-state index contributed by atoms with van der Waals surface area (Å²) in [5, 5.41) is 11.4. The van der Waals surface area contributed by atoms with Crippen LogP contribution in [0.15, 0.2) is 18.2 Å². The van der Waals surface area contributed by atoms with Crippen LogP contribution < -0.4 is 5.32 Å². The van der Waals surface area contributed by atoms with Gasteiger partial charge in [0.25, 0.3) is 0 Å². The number of carbonyl (C=O) groups is 3. The second-order valence-corrected chi connectivity index (χ2v) is 4.20. The monoisotopic (exact) mass is 280 g/mol. The van der Waals surface area contributed by atoms with Crippen molar-refractivity contribution in [1.29, 1.82) is 0 Å². The molecule has 1 rings (SSSR count). The van der Waals surface area contributed by atoms with E-state index in [9.17, 15) is 14.4 Å². The zero-order chi connectivity index (χ0) is 15.3. The van der Waals surface area contributed by atoms with Crippen LogP contribution in [-0.4, -0.2) is 48.7 Å². The molecule has 0 atom stereocenters. The number of methoxy groups -OCH3 is 1. The fourth-order valence-corrected chi connectivity index (χ4v) is 1.48. The van der Waals surface area contributed by atoms with Crippen molar-refractivity contribution in [2.24, 2.45) is 0 Å². The van der Waals surface area contributed by atoms with E-state index in [0.29, 0.717) is 11.3 Å². The number of hydrogen-bond acceptors (Lipinski definition) is 4. The topological polar surface area (TPSA) is 95.9 Å². The molecule has 108 valence electrons. The number of rotatable bonds is 4. The predicted molar refractivity (Wildman–Crippen MR) is 71.8 cm³/mol. The average Bonchev–Trinajstić information content (AvgIpc) is 2.40. The van der Waals surface area contributed by atoms with Crippen molar-refractivity contribution in [2.45, 2.75) is 6.92 Å². The first kappa shape index (κ1) is 15.5. The average molecular weight is 280 g/mol. The van der Waals surface area contributed by atoms with E-state index in [1.165, 1.54) is 32.4 Å². The lowest BCUT2D eigenvalue weighted by molar-refractivity contribution is -0.140. The van der Waals surface area contributed by atoms with E-state index < -0.39 is 18.0 Å². The summed E-state index contributed by atoms with van der Waals surface area (Å²) in [6.07, 6.45) is 0. The van der Waals surface area contributed by atoms with Gasteiger partial charge < -0.3 is 20.1 Å². The third-order valence-electron chi connectivity index (χ3n) is 2.66. The number of carbonyl (C=O) groups excluding carboxylic acids is 2. The molecular weight excluding hydrogens is 264 g/mol. The van der Waals surface area contributed by atoms with Crippen LogP contribution in [0.25, 0.3) is 0 Å². The highest BCUT2D eigenvalue weighted by molar-refractivity contribution is 5.93. The molecule has 0 aromatic heterocycles. The van der Waals surface area contributed by atoms with E-state index >= 15 is 0 Å². The van der Waals surface area contributed by atoms with Gasteiger partial charge in [0.2, 0.25) is 0 Å². The van der Waals surface area contributed by atoms with Crippen molar-refractivity contribution >= 4 is 23.7 Å². The standard InChI is InChI=1S/C13H16N2O5/c1-8-6-9(12(17)18)4-5-10(8)14-13(19)15(2)7-11(16)20-3/h4-6H,7H2,1-3H3,(H,14,19)(H,17,18). The zero-order valence-electron chi connectivity index (χ0n) is 11.5. The van der Waals surface area contributed by atoms with Gasteiger partial charge in [-0.05, 0) is 30.7 Å². The Balaban J connectivity index is 2.75. The number of esters is 1. The molecule has 0 unspecified atom stereocenters. The van der Waals surface area contributed by atoms with Crippen LogP contribution in [0.4, 0.5) is 10.5 Å². The molecule has 2 amide bonds. The molecule has 7 heteroatoms. The number of carboxylic acid groups (broad SMARTS) is 1. The third-order valence-corrected chi connectivity index (χ3v) is 2.66. The van der Waals surface area contributed by atoms with Crippen molar-refractivity contribution in [2.75, 3.05) is 26.0 Å². The van der Waals surface area contributed by atoms with E-state index in [-0.39, 0.29) is 12.1 Å². The highest BCUT2D eigenvalue weighted by Gasteiger charge is 2.14. The van der Waals surface area contributed by atoms with Gasteiger partial charge in [-0.3, -0.25) is 4.79 Å². The summed E-state index contributed by atoms with van der Waals surface area (Å²) in [5.74, 6) is -1.56. The second-order valence-electron chi connectivity index (χ2n) is 4.20. The maximum atomic E-state index is 11.8. The van der Waals surface area contributed by atoms with Gasteiger partial charge in [0.1, 0.15) is 6.54 Å². The molecule has 0 spiro atoms. The molecule has 0 radical (unpaired) electrons. The number of amides is 2. The summed E-state index contributed by atoms with van der Waals surface area (Å²) in [6.45, 7) is 1.51. The molecule has 0 heterocycles. The van der Waals surface area contributed by atoms with E-state index in [0.717, 1.165) is 4.90 Å². The zero-order valence-corrected chi connectivity index (χ0v) is 11.5. The number of anilines is 1. The number of urea groups is 1. The molecule has 7 nitrogen and oxygen atoms in total. The summed E-state index contributed by atoms with van der Waals surface area (Å²) in [5.41, 5.74) is 1.24. The van der Waals surface area contributed by atoms with Crippen LogP contribution in [0.1, 0.15) is 15.9 Å². The first-order chi connectivity index (χ1) is 9.35. The summed E-state index contributed by atoms with van der Waals surface area (Å²) >= 11 is 0. The number of hydrogen-bond donors (Lipinski definition) is 2. The second kappa shape index (κ2) is 6.55. The molecule has 0 saturated carbocycles. The number of aryl methyl sites for hydroxylation is 1. The first-order valence-electron chi connectivity index (χ1n) is 5.78. The number of benzene rings is 1. The summed E-state index contributed by atoms with van der Waals surface area (Å²) in [4.78, 5) is 34.8. The number of nitrogens with zero attached hydrogens (tertiary/aromatic N) is 1. The number of carboxylic acids is 1. The smallest absolute Gasteiger partial charge is 0.335 e. The molecule has 0 bridgehead atoms. The Hall–Kier alpha value is -2.57. The fraction of sp³-hybridized carbons (Fsp3) is 0.308. The molecule has 0 saturated heterocycles. The summed E-state index contributed by atoms with van der Waals surface area (Å²) < 4.78 is 4.46. The molecule has 2 N–H and O–H groups in total. The Morgan fingerprint density at radius 1 is 1.35 bits per heavy atom. The van der Waals surface area contributed by atoms with Crippen molar-refractivity contribution in [3.63, 3.8) is 0 Å². The van der Waals surface area contributed by atoms with Gasteiger partial charge in [0, 0.05) is 12.7 Å². The van der Waals surface area contributed by atoms with Gasteiger partial charge in [-0.25, -0.2) is 9.59 Å². The lowest BCUT2D eigenvalue weighted by atomic mass is 10.1. The van der Waals surface area contributed by atoms with Crippen LogP contribution >= 0.6 is 0 Å². The van der Waals surface area contributed by atoms with Crippen LogP contribution in [-0.2, 0) is 9.53 Å². The lowest BCUT2D eigenvalue weighted by Crippen LogP contribution is -2.36. The van der Waals surface area contributed by atoms with E-state index in [4.69, 9.17) is 5.11 Å². The van der Waals surface area contributed by atoms with Crippen LogP contribution in [0, 0.1) is 6.92 Å². The highest BCUT2D eigenvalue weighted by Crippen LogP contribution is 2.17. The van der Waals surface area contributed by atoms with Gasteiger partial charge in [-0.15, -0.1) is 0 Å². The van der Waals surface area contributed by atoms with Gasteiger partial charge in [0.05, 0.1) is 12.7 Å². The Kier molecular flexibility index (Phi) is 5.08.